The van der Waals surface area contributed by atoms with Gasteiger partial charge in [0.05, 0.1) is 15.9 Å². The minimum absolute atomic E-state index is 0.210. The number of rotatable bonds is 4. The molecule has 1 aliphatic rings. The SMILES string of the molecule is O=C(NNc1nc2ccc(Br)cc2s1)c1cc(-c2ccc3c(c2)OCO3)n[nH]1. The Labute approximate surface area is 171 Å². The Bertz CT molecular complexity index is 1210. The normalized spacial score (nSPS) is 12.3. The number of aromatic amines is 1. The van der Waals surface area contributed by atoms with E-state index in [1.807, 2.05) is 36.4 Å². The van der Waals surface area contributed by atoms with Crippen LogP contribution < -0.4 is 20.3 Å². The zero-order chi connectivity index (χ0) is 19.1. The van der Waals surface area contributed by atoms with Crippen LogP contribution in [0.1, 0.15) is 10.5 Å². The van der Waals surface area contributed by atoms with Crippen molar-refractivity contribution in [2.24, 2.45) is 0 Å². The number of H-pyrrole nitrogens is 1. The van der Waals surface area contributed by atoms with Crippen molar-refractivity contribution in [3.8, 4) is 22.8 Å². The van der Waals surface area contributed by atoms with E-state index in [2.05, 4.69) is 42.0 Å². The summed E-state index contributed by atoms with van der Waals surface area (Å²) in [7, 11) is 0. The van der Waals surface area contributed by atoms with Gasteiger partial charge in [0.15, 0.2) is 11.5 Å². The Morgan fingerprint density at radius 3 is 2.96 bits per heavy atom. The molecule has 5 rings (SSSR count). The van der Waals surface area contributed by atoms with Crippen molar-refractivity contribution in [3.05, 3.63) is 52.6 Å². The topological polar surface area (TPSA) is 101 Å². The molecule has 0 bridgehead atoms. The highest BCUT2D eigenvalue weighted by molar-refractivity contribution is 9.10. The van der Waals surface area contributed by atoms with Gasteiger partial charge in [0, 0.05) is 10.0 Å². The van der Waals surface area contributed by atoms with Crippen molar-refractivity contribution >= 4 is 48.5 Å². The van der Waals surface area contributed by atoms with Crippen LogP contribution in [0.5, 0.6) is 11.5 Å². The number of nitrogens with zero attached hydrogens (tertiary/aromatic N) is 2. The van der Waals surface area contributed by atoms with E-state index in [1.165, 1.54) is 11.3 Å². The minimum Gasteiger partial charge on any atom is -0.454 e. The van der Waals surface area contributed by atoms with E-state index >= 15 is 0 Å². The molecule has 4 aromatic rings. The van der Waals surface area contributed by atoms with Gasteiger partial charge in [0.1, 0.15) is 5.69 Å². The summed E-state index contributed by atoms with van der Waals surface area (Å²) < 4.78 is 12.7. The summed E-state index contributed by atoms with van der Waals surface area (Å²) in [6, 6.07) is 13.0. The second kappa shape index (κ2) is 6.80. The van der Waals surface area contributed by atoms with Crippen LogP contribution in [-0.4, -0.2) is 27.9 Å². The van der Waals surface area contributed by atoms with Gasteiger partial charge in [-0.1, -0.05) is 27.3 Å². The van der Waals surface area contributed by atoms with Crippen molar-refractivity contribution in [3.63, 3.8) is 0 Å². The number of thiazole rings is 1. The Morgan fingerprint density at radius 1 is 1.14 bits per heavy atom. The largest absolute Gasteiger partial charge is 0.454 e. The molecule has 0 unspecified atom stereocenters. The number of ether oxygens (including phenoxy) is 2. The van der Waals surface area contributed by atoms with Crippen LogP contribution in [0, 0.1) is 0 Å². The minimum atomic E-state index is -0.347. The van der Waals surface area contributed by atoms with Gasteiger partial charge in [0.2, 0.25) is 11.9 Å². The molecule has 0 spiro atoms. The quantitative estimate of drug-likeness (QED) is 0.401. The average Bonchev–Trinajstić information content (AvgIpc) is 3.43. The van der Waals surface area contributed by atoms with Crippen molar-refractivity contribution < 1.29 is 14.3 Å². The first-order valence-electron chi connectivity index (χ1n) is 8.23. The predicted octanol–water partition coefficient (Wildman–Crippen LogP) is 3.93. The lowest BCUT2D eigenvalue weighted by Gasteiger charge is -2.02. The third kappa shape index (κ3) is 3.16. The first kappa shape index (κ1) is 17.0. The summed E-state index contributed by atoms with van der Waals surface area (Å²) in [5.74, 6) is 1.01. The molecule has 10 heteroatoms. The maximum atomic E-state index is 12.4. The zero-order valence-electron chi connectivity index (χ0n) is 14.2. The summed E-state index contributed by atoms with van der Waals surface area (Å²) in [4.78, 5) is 16.8. The molecule has 0 saturated carbocycles. The Hall–Kier alpha value is -3.11. The van der Waals surface area contributed by atoms with Gasteiger partial charge < -0.3 is 9.47 Å². The van der Waals surface area contributed by atoms with Gasteiger partial charge in [-0.05, 0) is 42.5 Å². The van der Waals surface area contributed by atoms with E-state index in [-0.39, 0.29) is 12.7 Å². The molecule has 28 heavy (non-hydrogen) atoms. The highest BCUT2D eigenvalue weighted by Crippen LogP contribution is 2.35. The number of aromatic nitrogens is 3. The van der Waals surface area contributed by atoms with Crippen LogP contribution in [0.3, 0.4) is 0 Å². The van der Waals surface area contributed by atoms with E-state index in [0.717, 1.165) is 20.3 Å². The third-order valence-electron chi connectivity index (χ3n) is 4.12. The Balaban J connectivity index is 1.29. The molecule has 3 heterocycles. The number of amides is 1. The lowest BCUT2D eigenvalue weighted by atomic mass is 10.1. The van der Waals surface area contributed by atoms with Crippen molar-refractivity contribution in [1.82, 2.24) is 20.6 Å². The number of hydrazine groups is 1. The molecule has 0 radical (unpaired) electrons. The van der Waals surface area contributed by atoms with Crippen molar-refractivity contribution in [1.29, 1.82) is 0 Å². The first-order chi connectivity index (χ1) is 13.7. The summed E-state index contributed by atoms with van der Waals surface area (Å²) in [6.07, 6.45) is 0. The monoisotopic (exact) mass is 457 g/mol. The third-order valence-corrected chi connectivity index (χ3v) is 5.55. The molecule has 0 atom stereocenters. The molecule has 0 aliphatic carbocycles. The molecule has 2 aromatic carbocycles. The van der Waals surface area contributed by atoms with Crippen LogP contribution in [0.25, 0.3) is 21.5 Å². The lowest BCUT2D eigenvalue weighted by molar-refractivity contribution is 0.0957. The van der Waals surface area contributed by atoms with Gasteiger partial charge in [-0.2, -0.15) is 5.10 Å². The highest BCUT2D eigenvalue weighted by Gasteiger charge is 2.16. The van der Waals surface area contributed by atoms with Crippen LogP contribution in [0.4, 0.5) is 5.13 Å². The second-order valence-electron chi connectivity index (χ2n) is 5.95. The summed E-state index contributed by atoms with van der Waals surface area (Å²) >= 11 is 4.88. The first-order valence-corrected chi connectivity index (χ1v) is 9.84. The number of fused-ring (bicyclic) bond motifs is 2. The summed E-state index contributed by atoms with van der Waals surface area (Å²) in [6.45, 7) is 0.210. The van der Waals surface area contributed by atoms with E-state index in [0.29, 0.717) is 28.0 Å². The van der Waals surface area contributed by atoms with Gasteiger partial charge in [-0.15, -0.1) is 0 Å². The molecule has 3 N–H and O–H groups in total. The molecule has 0 fully saturated rings. The van der Waals surface area contributed by atoms with Crippen molar-refractivity contribution in [2.45, 2.75) is 0 Å². The van der Waals surface area contributed by atoms with Crippen LogP contribution in [0.2, 0.25) is 0 Å². The fourth-order valence-electron chi connectivity index (χ4n) is 2.77. The predicted molar refractivity (Wildman–Crippen MR) is 109 cm³/mol. The zero-order valence-corrected chi connectivity index (χ0v) is 16.6. The number of carbonyl (C=O) groups is 1. The van der Waals surface area contributed by atoms with Gasteiger partial charge in [-0.3, -0.25) is 20.7 Å². The van der Waals surface area contributed by atoms with Crippen molar-refractivity contribution in [2.75, 3.05) is 12.2 Å². The average molecular weight is 458 g/mol. The van der Waals surface area contributed by atoms with E-state index in [4.69, 9.17) is 9.47 Å². The van der Waals surface area contributed by atoms with Crippen LogP contribution in [-0.2, 0) is 0 Å². The second-order valence-corrected chi connectivity index (χ2v) is 7.89. The number of hydrogen-bond acceptors (Lipinski definition) is 7. The van der Waals surface area contributed by atoms with Gasteiger partial charge in [-0.25, -0.2) is 4.98 Å². The number of benzene rings is 2. The molecule has 0 saturated heterocycles. The molecular weight excluding hydrogens is 446 g/mol. The highest BCUT2D eigenvalue weighted by atomic mass is 79.9. The Kier molecular flexibility index (Phi) is 4.14. The smallest absolute Gasteiger partial charge is 0.287 e. The standard InChI is InChI=1S/C18H12BrN5O3S/c19-10-2-3-11-16(6-10)28-18(20-11)24-23-17(25)13-7-12(21-22-13)9-1-4-14-15(5-9)27-8-26-14/h1-7H,8H2,(H,20,24)(H,21,22)(H,23,25). The van der Waals surface area contributed by atoms with E-state index < -0.39 is 0 Å². The van der Waals surface area contributed by atoms with E-state index in [1.54, 1.807) is 6.07 Å². The molecule has 1 amide bonds. The van der Waals surface area contributed by atoms with E-state index in [9.17, 15) is 4.79 Å². The summed E-state index contributed by atoms with van der Waals surface area (Å²) in [5.41, 5.74) is 8.11. The Morgan fingerprint density at radius 2 is 2.04 bits per heavy atom. The summed E-state index contributed by atoms with van der Waals surface area (Å²) in [5, 5.41) is 7.54. The fraction of sp³-hybridized carbons (Fsp3) is 0.0556. The molecule has 2 aromatic heterocycles. The maximum Gasteiger partial charge on any atom is 0.287 e. The molecule has 140 valence electrons. The number of nitrogens with one attached hydrogen (secondary N) is 3. The molecule has 8 nitrogen and oxygen atoms in total. The molecule has 1 aliphatic heterocycles. The van der Waals surface area contributed by atoms with Gasteiger partial charge >= 0.3 is 0 Å². The van der Waals surface area contributed by atoms with Crippen LogP contribution in [0.15, 0.2) is 46.9 Å². The lowest BCUT2D eigenvalue weighted by Crippen LogP contribution is -2.29. The number of anilines is 1. The molecular formula is C18H12BrN5O3S. The number of halogens is 1. The number of hydrogen-bond donors (Lipinski definition) is 3. The van der Waals surface area contributed by atoms with Gasteiger partial charge in [0.25, 0.3) is 5.91 Å². The maximum absolute atomic E-state index is 12.4. The fourth-order valence-corrected chi connectivity index (χ4v) is 4.14. The van der Waals surface area contributed by atoms with Crippen LogP contribution >= 0.6 is 27.3 Å². The number of carbonyl (C=O) groups excluding carboxylic acids is 1.